The molecule has 90 valence electrons. The number of benzene rings is 1. The van der Waals surface area contributed by atoms with Gasteiger partial charge in [0, 0.05) is 11.2 Å². The van der Waals surface area contributed by atoms with E-state index in [1.54, 1.807) is 0 Å². The zero-order valence-electron chi connectivity index (χ0n) is 9.73. The van der Waals surface area contributed by atoms with Crippen molar-refractivity contribution in [3.8, 4) is 0 Å². The van der Waals surface area contributed by atoms with Crippen LogP contribution in [0.25, 0.3) is 10.2 Å². The molecule has 1 aromatic heterocycles. The third-order valence-corrected chi connectivity index (χ3v) is 5.41. The minimum atomic E-state index is 0.732. The molecular weight excluding hydrogens is 294 g/mol. The summed E-state index contributed by atoms with van der Waals surface area (Å²) in [6.07, 6.45) is 6.57. The molecule has 1 aliphatic carbocycles. The molecule has 0 N–H and O–H groups in total. The number of para-hydroxylation sites is 1. The third-order valence-electron chi connectivity index (χ3n) is 3.52. The van der Waals surface area contributed by atoms with Crippen LogP contribution in [-0.2, 0) is 6.42 Å². The highest BCUT2D eigenvalue weighted by molar-refractivity contribution is 9.09. The van der Waals surface area contributed by atoms with Crippen LogP contribution in [0.1, 0.15) is 30.7 Å². The molecule has 1 heterocycles. The molecule has 0 amide bonds. The summed E-state index contributed by atoms with van der Waals surface area (Å²) in [6, 6.07) is 8.45. The average Bonchev–Trinajstić information content (AvgIpc) is 2.71. The summed E-state index contributed by atoms with van der Waals surface area (Å²) in [6.45, 7) is 0. The van der Waals surface area contributed by atoms with Crippen LogP contribution in [0, 0.1) is 5.92 Å². The number of halogens is 1. The zero-order valence-corrected chi connectivity index (χ0v) is 12.1. The molecule has 3 rings (SSSR count). The Bertz CT molecular complexity index is 475. The van der Waals surface area contributed by atoms with Crippen molar-refractivity contribution in [2.45, 2.75) is 36.9 Å². The number of fused-ring (bicyclic) bond motifs is 1. The van der Waals surface area contributed by atoms with Crippen molar-refractivity contribution >= 4 is 37.5 Å². The first kappa shape index (κ1) is 11.7. The minimum absolute atomic E-state index is 0.732. The summed E-state index contributed by atoms with van der Waals surface area (Å²) in [4.78, 5) is 5.47. The number of nitrogens with zero attached hydrogens (tertiary/aromatic N) is 1. The molecule has 1 fully saturated rings. The second-order valence-corrected chi connectivity index (χ2v) is 7.32. The lowest BCUT2D eigenvalue weighted by atomic mass is 9.87. The molecule has 0 saturated heterocycles. The van der Waals surface area contributed by atoms with Gasteiger partial charge in [-0.15, -0.1) is 11.3 Å². The largest absolute Gasteiger partial charge is 0.241 e. The van der Waals surface area contributed by atoms with Gasteiger partial charge in [0.15, 0.2) is 0 Å². The van der Waals surface area contributed by atoms with Gasteiger partial charge in [0.05, 0.1) is 15.2 Å². The lowest BCUT2D eigenvalue weighted by molar-refractivity contribution is 0.367. The van der Waals surface area contributed by atoms with Gasteiger partial charge < -0.3 is 0 Å². The Morgan fingerprint density at radius 2 is 2.18 bits per heavy atom. The van der Waals surface area contributed by atoms with Crippen molar-refractivity contribution in [3.63, 3.8) is 0 Å². The third kappa shape index (κ3) is 2.71. The van der Waals surface area contributed by atoms with Gasteiger partial charge >= 0.3 is 0 Å². The highest BCUT2D eigenvalue weighted by atomic mass is 79.9. The van der Waals surface area contributed by atoms with Crippen molar-refractivity contribution < 1.29 is 0 Å². The summed E-state index contributed by atoms with van der Waals surface area (Å²) in [5, 5.41) is 1.32. The molecule has 3 heteroatoms. The van der Waals surface area contributed by atoms with Crippen molar-refractivity contribution in [2.24, 2.45) is 5.92 Å². The Labute approximate surface area is 114 Å². The fourth-order valence-electron chi connectivity index (χ4n) is 2.66. The average molecular weight is 310 g/mol. The monoisotopic (exact) mass is 309 g/mol. The molecule has 1 aromatic carbocycles. The normalized spacial score (nSPS) is 25.2. The predicted molar refractivity (Wildman–Crippen MR) is 78.0 cm³/mol. The number of rotatable bonds is 2. The first-order valence-electron chi connectivity index (χ1n) is 6.30. The Kier molecular flexibility index (Phi) is 3.48. The Hall–Kier alpha value is -0.410. The van der Waals surface area contributed by atoms with E-state index in [1.165, 1.54) is 47.3 Å². The van der Waals surface area contributed by atoms with E-state index in [2.05, 4.69) is 40.2 Å². The number of aromatic nitrogens is 1. The molecule has 1 nitrogen and oxygen atoms in total. The maximum Gasteiger partial charge on any atom is 0.0941 e. The summed E-state index contributed by atoms with van der Waals surface area (Å²) in [5.74, 6) is 0.827. The lowest BCUT2D eigenvalue weighted by Gasteiger charge is -2.24. The fraction of sp³-hybridized carbons (Fsp3) is 0.500. The number of thiazole rings is 1. The van der Waals surface area contributed by atoms with E-state index in [0.29, 0.717) is 0 Å². The quantitative estimate of drug-likeness (QED) is 0.727. The van der Waals surface area contributed by atoms with Crippen LogP contribution >= 0.6 is 27.3 Å². The zero-order chi connectivity index (χ0) is 11.7. The Balaban J connectivity index is 1.75. The van der Waals surface area contributed by atoms with Crippen LogP contribution in [0.3, 0.4) is 0 Å². The van der Waals surface area contributed by atoms with Gasteiger partial charge in [0.1, 0.15) is 0 Å². The van der Waals surface area contributed by atoms with Crippen LogP contribution in [0.5, 0.6) is 0 Å². The van der Waals surface area contributed by atoms with Gasteiger partial charge in [-0.25, -0.2) is 4.98 Å². The smallest absolute Gasteiger partial charge is 0.0941 e. The van der Waals surface area contributed by atoms with E-state index in [9.17, 15) is 0 Å². The van der Waals surface area contributed by atoms with E-state index >= 15 is 0 Å². The molecule has 0 aliphatic heterocycles. The summed E-state index contributed by atoms with van der Waals surface area (Å²) < 4.78 is 1.33. The van der Waals surface area contributed by atoms with E-state index in [-0.39, 0.29) is 0 Å². The molecule has 0 spiro atoms. The van der Waals surface area contributed by atoms with Crippen molar-refractivity contribution in [2.75, 3.05) is 0 Å². The standard InChI is InChI=1S/C14H16BrNS/c15-11-5-3-4-10(8-11)9-14-16-12-6-1-2-7-13(12)17-14/h1-2,6-7,10-11H,3-5,8-9H2. The fourth-order valence-corrected chi connectivity index (χ4v) is 4.60. The predicted octanol–water partition coefficient (Wildman–Crippen LogP) is 4.79. The maximum absolute atomic E-state index is 4.74. The summed E-state index contributed by atoms with van der Waals surface area (Å²) in [7, 11) is 0. The van der Waals surface area contributed by atoms with Crippen LogP contribution in [0.4, 0.5) is 0 Å². The van der Waals surface area contributed by atoms with Crippen LogP contribution in [-0.4, -0.2) is 9.81 Å². The minimum Gasteiger partial charge on any atom is -0.241 e. The Morgan fingerprint density at radius 1 is 1.29 bits per heavy atom. The number of hydrogen-bond acceptors (Lipinski definition) is 2. The van der Waals surface area contributed by atoms with Crippen molar-refractivity contribution in [3.05, 3.63) is 29.3 Å². The first-order chi connectivity index (χ1) is 8.31. The van der Waals surface area contributed by atoms with Crippen molar-refractivity contribution in [1.82, 2.24) is 4.98 Å². The molecule has 1 aliphatic rings. The van der Waals surface area contributed by atoms with Crippen LogP contribution in [0.2, 0.25) is 0 Å². The highest BCUT2D eigenvalue weighted by Gasteiger charge is 2.21. The molecule has 2 atom stereocenters. The van der Waals surface area contributed by atoms with Gasteiger partial charge in [0.2, 0.25) is 0 Å². The maximum atomic E-state index is 4.74. The van der Waals surface area contributed by atoms with Gasteiger partial charge in [-0.1, -0.05) is 34.5 Å². The van der Waals surface area contributed by atoms with Crippen LogP contribution < -0.4 is 0 Å². The number of alkyl halides is 1. The Morgan fingerprint density at radius 3 is 3.00 bits per heavy atom. The van der Waals surface area contributed by atoms with Gasteiger partial charge in [-0.2, -0.15) is 0 Å². The molecule has 2 aromatic rings. The lowest BCUT2D eigenvalue weighted by Crippen LogP contribution is -2.16. The van der Waals surface area contributed by atoms with Gasteiger partial charge in [-0.05, 0) is 37.3 Å². The van der Waals surface area contributed by atoms with Crippen LogP contribution in [0.15, 0.2) is 24.3 Å². The first-order valence-corrected chi connectivity index (χ1v) is 8.03. The van der Waals surface area contributed by atoms with Crippen molar-refractivity contribution in [1.29, 1.82) is 0 Å². The summed E-state index contributed by atoms with van der Waals surface area (Å²) in [5.41, 5.74) is 1.17. The SMILES string of the molecule is BrC1CCCC(Cc2nc3ccccc3s2)C1. The number of hydrogen-bond donors (Lipinski definition) is 0. The second kappa shape index (κ2) is 5.07. The molecule has 2 unspecified atom stereocenters. The van der Waals surface area contributed by atoms with E-state index in [1.807, 2.05) is 11.3 Å². The van der Waals surface area contributed by atoms with E-state index in [0.717, 1.165) is 10.7 Å². The topological polar surface area (TPSA) is 12.9 Å². The van der Waals surface area contributed by atoms with E-state index in [4.69, 9.17) is 4.98 Å². The van der Waals surface area contributed by atoms with Gasteiger partial charge in [0.25, 0.3) is 0 Å². The molecule has 1 saturated carbocycles. The summed E-state index contributed by atoms with van der Waals surface area (Å²) >= 11 is 5.63. The molecular formula is C14H16BrNS. The molecule has 0 radical (unpaired) electrons. The molecule has 17 heavy (non-hydrogen) atoms. The van der Waals surface area contributed by atoms with E-state index < -0.39 is 0 Å². The van der Waals surface area contributed by atoms with Gasteiger partial charge in [-0.3, -0.25) is 0 Å². The highest BCUT2D eigenvalue weighted by Crippen LogP contribution is 2.33. The second-order valence-electron chi connectivity index (χ2n) is 4.91. The molecule has 0 bridgehead atoms.